The van der Waals surface area contributed by atoms with Crippen molar-refractivity contribution in [2.75, 3.05) is 14.2 Å². The molecule has 0 saturated carbocycles. The first-order chi connectivity index (χ1) is 34.6. The van der Waals surface area contributed by atoms with Crippen molar-refractivity contribution in [3.05, 3.63) is 175 Å². The fourth-order valence-electron chi connectivity index (χ4n) is 8.64. The van der Waals surface area contributed by atoms with E-state index in [1.165, 1.54) is 46.6 Å². The lowest BCUT2D eigenvalue weighted by molar-refractivity contribution is -0.143. The predicted octanol–water partition coefficient (Wildman–Crippen LogP) is 9.60. The molecule has 15 nitrogen and oxygen atoms in total. The van der Waals surface area contributed by atoms with Crippen LogP contribution >= 0.6 is 0 Å². The van der Waals surface area contributed by atoms with Gasteiger partial charge in [0.2, 0.25) is 5.91 Å². The van der Waals surface area contributed by atoms with Crippen LogP contribution in [0.1, 0.15) is 122 Å². The van der Waals surface area contributed by atoms with E-state index in [1.54, 1.807) is 37.1 Å². The number of aliphatic carboxylic acids is 1. The molecule has 0 aliphatic rings. The number of nitrogens with zero attached hydrogens (tertiary/aromatic N) is 4. The second kappa shape index (κ2) is 27.3. The van der Waals surface area contributed by atoms with E-state index in [9.17, 15) is 28.8 Å². The fourth-order valence-corrected chi connectivity index (χ4v) is 8.64. The lowest BCUT2D eigenvalue weighted by Crippen LogP contribution is -2.42. The zero-order valence-corrected chi connectivity index (χ0v) is 44.3. The average Bonchev–Trinajstić information content (AvgIpc) is 3.35. The monoisotopic (exact) mass is 997 g/mol. The maximum Gasteiger partial charge on any atom is 0.327 e. The largest absolute Gasteiger partial charge is 0.480 e. The molecule has 4 heterocycles. The highest BCUT2D eigenvalue weighted by molar-refractivity contribution is 5.82. The molecule has 388 valence electrons. The van der Waals surface area contributed by atoms with Gasteiger partial charge in [-0.2, -0.15) is 0 Å². The number of nitrogens with two attached hydrogens (primary N) is 1. The Morgan fingerprint density at radius 3 is 1.45 bits per heavy atom. The Labute approximate surface area is 428 Å². The smallest absolute Gasteiger partial charge is 0.327 e. The fraction of sp³-hybridized carbons (Fsp3) is 0.379. The summed E-state index contributed by atoms with van der Waals surface area (Å²) in [5.74, 6) is -2.24. The van der Waals surface area contributed by atoms with Crippen molar-refractivity contribution < 1.29 is 33.8 Å². The first-order valence-electron chi connectivity index (χ1n) is 24.5. The molecule has 1 amide bonds. The van der Waals surface area contributed by atoms with Crippen LogP contribution in [0.15, 0.2) is 120 Å². The van der Waals surface area contributed by atoms with Gasteiger partial charge in [0.1, 0.15) is 12.1 Å². The SMILES string of the molecule is CCC(C)C(C(=O)N[C@@H](CC(=O)OC)c1cncc(-c2c(C)cccc2C)c1)n1ccc(C)cc1=O.CC[C@H](C)[C@@H](C(=O)O)n1ccc(C)cc1=O.COC(=O)C[C@H](N)c1cncc(-c2c(C)cccc2C)c1. The number of carboxylic acids is 1. The van der Waals surface area contributed by atoms with Gasteiger partial charge in [-0.1, -0.05) is 76.9 Å². The van der Waals surface area contributed by atoms with Crippen LogP contribution in [0.2, 0.25) is 0 Å². The molecule has 0 spiro atoms. The van der Waals surface area contributed by atoms with E-state index < -0.39 is 36.1 Å². The molecule has 0 radical (unpaired) electrons. The van der Waals surface area contributed by atoms with Crippen LogP contribution in [-0.2, 0) is 28.7 Å². The number of benzene rings is 2. The highest BCUT2D eigenvalue weighted by Gasteiger charge is 2.30. The van der Waals surface area contributed by atoms with Gasteiger partial charge in [-0.15, -0.1) is 0 Å². The number of amides is 1. The van der Waals surface area contributed by atoms with Gasteiger partial charge >= 0.3 is 17.9 Å². The van der Waals surface area contributed by atoms with Crippen molar-refractivity contribution in [3.63, 3.8) is 0 Å². The number of carboxylic acid groups (broad SMARTS) is 1. The lowest BCUT2D eigenvalue weighted by Gasteiger charge is -2.27. The topological polar surface area (TPSA) is 215 Å². The van der Waals surface area contributed by atoms with Crippen LogP contribution in [-0.4, -0.2) is 62.2 Å². The number of methoxy groups -OCH3 is 2. The minimum Gasteiger partial charge on any atom is -0.480 e. The maximum absolute atomic E-state index is 13.7. The first kappa shape index (κ1) is 58.1. The molecular formula is C58H72N6O9. The second-order valence-corrected chi connectivity index (χ2v) is 18.7. The van der Waals surface area contributed by atoms with Crippen molar-refractivity contribution in [1.82, 2.24) is 24.4 Å². The van der Waals surface area contributed by atoms with Gasteiger partial charge in [0.15, 0.2) is 0 Å². The Morgan fingerprint density at radius 2 is 1.03 bits per heavy atom. The molecule has 0 aliphatic carbocycles. The molecule has 15 heteroatoms. The predicted molar refractivity (Wildman–Crippen MR) is 285 cm³/mol. The van der Waals surface area contributed by atoms with E-state index in [0.29, 0.717) is 12.0 Å². The van der Waals surface area contributed by atoms with Crippen molar-refractivity contribution in [3.8, 4) is 22.3 Å². The van der Waals surface area contributed by atoms with Crippen LogP contribution in [0.3, 0.4) is 0 Å². The van der Waals surface area contributed by atoms with Crippen LogP contribution in [0.5, 0.6) is 0 Å². The molecule has 6 atom stereocenters. The minimum atomic E-state index is -0.958. The molecule has 73 heavy (non-hydrogen) atoms. The summed E-state index contributed by atoms with van der Waals surface area (Å²) >= 11 is 0. The van der Waals surface area contributed by atoms with Crippen LogP contribution in [0, 0.1) is 53.4 Å². The number of nitrogens with one attached hydrogen (secondary N) is 1. The number of esters is 2. The van der Waals surface area contributed by atoms with Crippen LogP contribution < -0.4 is 22.2 Å². The van der Waals surface area contributed by atoms with Crippen LogP contribution in [0.25, 0.3) is 22.3 Å². The normalized spacial score (nSPS) is 13.3. The Hall–Kier alpha value is -7.52. The van der Waals surface area contributed by atoms with E-state index >= 15 is 0 Å². The number of rotatable bonds is 17. The van der Waals surface area contributed by atoms with Gasteiger partial charge in [-0.3, -0.25) is 33.9 Å². The number of carbonyl (C=O) groups is 4. The molecule has 6 rings (SSSR count). The highest BCUT2D eigenvalue weighted by Crippen LogP contribution is 2.31. The van der Waals surface area contributed by atoms with Crippen molar-refractivity contribution in [2.45, 2.75) is 119 Å². The maximum atomic E-state index is 13.7. The third-order valence-corrected chi connectivity index (χ3v) is 13.1. The van der Waals surface area contributed by atoms with Gasteiger partial charge in [0.25, 0.3) is 11.1 Å². The minimum absolute atomic E-state index is 0.0594. The molecule has 0 fully saturated rings. The third kappa shape index (κ3) is 15.7. The summed E-state index contributed by atoms with van der Waals surface area (Å²) in [6.07, 6.45) is 11.7. The molecule has 0 saturated heterocycles. The highest BCUT2D eigenvalue weighted by atomic mass is 16.5. The number of ether oxygens (including phenoxy) is 2. The summed E-state index contributed by atoms with van der Waals surface area (Å²) < 4.78 is 12.3. The van der Waals surface area contributed by atoms with Gasteiger partial charge in [0, 0.05) is 66.5 Å². The average molecular weight is 997 g/mol. The molecule has 0 bridgehead atoms. The van der Waals surface area contributed by atoms with Crippen LogP contribution in [0.4, 0.5) is 0 Å². The summed E-state index contributed by atoms with van der Waals surface area (Å²) in [6, 6.07) is 20.2. The third-order valence-electron chi connectivity index (χ3n) is 13.1. The Kier molecular flexibility index (Phi) is 21.7. The number of aromatic nitrogens is 4. The summed E-state index contributed by atoms with van der Waals surface area (Å²) in [6.45, 7) is 19.6. The Bertz CT molecular complexity index is 2940. The number of pyridine rings is 4. The second-order valence-electron chi connectivity index (χ2n) is 18.7. The number of hydrogen-bond donors (Lipinski definition) is 3. The molecule has 2 unspecified atom stereocenters. The van der Waals surface area contributed by atoms with E-state index in [4.69, 9.17) is 15.6 Å². The lowest BCUT2D eigenvalue weighted by atomic mass is 9.94. The molecule has 2 aromatic carbocycles. The summed E-state index contributed by atoms with van der Waals surface area (Å²) in [5, 5.41) is 12.2. The summed E-state index contributed by atoms with van der Waals surface area (Å²) in [4.78, 5) is 81.6. The van der Waals surface area contributed by atoms with Gasteiger partial charge in [-0.25, -0.2) is 4.79 Å². The Balaban J connectivity index is 0.000000263. The number of aryl methyl sites for hydroxylation is 6. The van der Waals surface area contributed by atoms with E-state index in [1.807, 2.05) is 104 Å². The van der Waals surface area contributed by atoms with Crippen molar-refractivity contribution in [2.24, 2.45) is 17.6 Å². The molecule has 6 aromatic rings. The summed E-state index contributed by atoms with van der Waals surface area (Å²) in [5.41, 5.74) is 17.5. The summed E-state index contributed by atoms with van der Waals surface area (Å²) in [7, 11) is 2.68. The molecular weight excluding hydrogens is 925 g/mol. The van der Waals surface area contributed by atoms with Gasteiger partial charge in [-0.05, 0) is 133 Å². The standard InChI is InChI=1S/C29H35N3O4.C17H20N2O2.C12H17NO3/c1-7-19(3)28(32-12-11-18(2)13-25(32)33)29(35)31-24(15-26(34)36-6)22-14-23(17-30-16-22)27-20(4)9-8-10-21(27)5;1-11-5-4-6-12(2)17(11)14-7-13(9-19-10-14)15(18)8-16(20)21-3;1-4-9(3)11(12(15)16)13-6-5-8(2)7-10(13)14/h8-14,16-17,19,24,28H,7,15H2,1-6H3,(H,31,35);4-7,9-10,15H,8,18H2,1-3H3;5-7,9,11H,4H2,1-3H3,(H,15,16)/t19?,24-,28?;15-;9-,11-/m000/s1. The molecule has 4 N–H and O–H groups in total. The molecule has 0 aliphatic heterocycles. The zero-order valence-electron chi connectivity index (χ0n) is 44.3. The zero-order chi connectivity index (χ0) is 54.1. The quantitative estimate of drug-likeness (QED) is 0.0729. The van der Waals surface area contributed by atoms with E-state index in [2.05, 4.69) is 46.0 Å². The molecule has 4 aromatic heterocycles. The van der Waals surface area contributed by atoms with E-state index in [-0.39, 0.29) is 47.7 Å². The Morgan fingerprint density at radius 1 is 0.616 bits per heavy atom. The van der Waals surface area contributed by atoms with Gasteiger partial charge in [0.05, 0.1) is 33.1 Å². The van der Waals surface area contributed by atoms with Crippen molar-refractivity contribution in [1.29, 1.82) is 0 Å². The van der Waals surface area contributed by atoms with Gasteiger partial charge < -0.3 is 34.8 Å². The van der Waals surface area contributed by atoms with Crippen molar-refractivity contribution >= 4 is 23.8 Å². The first-order valence-corrected chi connectivity index (χ1v) is 24.5. The van der Waals surface area contributed by atoms with E-state index in [0.717, 1.165) is 56.5 Å². The number of hydrogen-bond acceptors (Lipinski definition) is 11. The number of carbonyl (C=O) groups excluding carboxylic acids is 3.